The summed E-state index contributed by atoms with van der Waals surface area (Å²) in [6.45, 7) is 8.40. The monoisotopic (exact) mass is 235 g/mol. The summed E-state index contributed by atoms with van der Waals surface area (Å²) < 4.78 is 4.86. The van der Waals surface area contributed by atoms with Crippen LogP contribution in [0.3, 0.4) is 0 Å². The number of hydrogen-bond acceptors (Lipinski definition) is 3. The number of ether oxygens (including phenoxy) is 1. The summed E-state index contributed by atoms with van der Waals surface area (Å²) in [6, 6.07) is 5.84. The van der Waals surface area contributed by atoms with E-state index in [4.69, 9.17) is 4.74 Å². The second-order valence-corrected chi connectivity index (χ2v) is 4.03. The van der Waals surface area contributed by atoms with Crippen LogP contribution >= 0.6 is 0 Å². The van der Waals surface area contributed by atoms with Crippen molar-refractivity contribution in [1.82, 2.24) is 0 Å². The highest BCUT2D eigenvalue weighted by Crippen LogP contribution is 2.21. The summed E-state index contributed by atoms with van der Waals surface area (Å²) in [5, 5.41) is 0. The summed E-state index contributed by atoms with van der Waals surface area (Å²) in [7, 11) is 1.54. The van der Waals surface area contributed by atoms with Crippen LogP contribution in [0.5, 0.6) is 0 Å². The molecule has 0 saturated carbocycles. The van der Waals surface area contributed by atoms with Gasteiger partial charge in [0.2, 0.25) is 0 Å². The number of carbonyl (C=O) groups excluding carboxylic acids is 1. The van der Waals surface area contributed by atoms with Crippen molar-refractivity contribution in [1.29, 1.82) is 0 Å². The van der Waals surface area contributed by atoms with Gasteiger partial charge in [0.1, 0.15) is 6.61 Å². The van der Waals surface area contributed by atoms with Crippen LogP contribution in [0.25, 0.3) is 0 Å². The molecule has 1 aromatic rings. The topological polar surface area (TPSA) is 29.5 Å². The first-order valence-electron chi connectivity index (χ1n) is 6.01. The number of nitrogens with zero attached hydrogens (tertiary/aromatic N) is 1. The molecular weight excluding hydrogens is 214 g/mol. The maximum absolute atomic E-state index is 11.7. The van der Waals surface area contributed by atoms with Crippen LogP contribution in [0.4, 0.5) is 5.69 Å². The van der Waals surface area contributed by atoms with Gasteiger partial charge in [0.25, 0.3) is 0 Å². The first-order chi connectivity index (χ1) is 8.13. The van der Waals surface area contributed by atoms with Gasteiger partial charge in [0, 0.05) is 31.5 Å². The van der Waals surface area contributed by atoms with E-state index in [0.29, 0.717) is 0 Å². The number of carbonyl (C=O) groups is 1. The van der Waals surface area contributed by atoms with Crippen LogP contribution in [0.2, 0.25) is 0 Å². The van der Waals surface area contributed by atoms with E-state index in [0.717, 1.165) is 24.2 Å². The predicted octanol–water partition coefficient (Wildman–Crippen LogP) is 2.67. The molecule has 0 saturated heterocycles. The third kappa shape index (κ3) is 3.30. The van der Waals surface area contributed by atoms with E-state index in [2.05, 4.69) is 18.7 Å². The first-order valence-corrected chi connectivity index (χ1v) is 6.01. The van der Waals surface area contributed by atoms with Crippen molar-refractivity contribution in [2.75, 3.05) is 31.7 Å². The highest BCUT2D eigenvalue weighted by atomic mass is 16.5. The van der Waals surface area contributed by atoms with Crippen LogP contribution in [0.15, 0.2) is 18.2 Å². The van der Waals surface area contributed by atoms with Crippen molar-refractivity contribution in [2.45, 2.75) is 20.8 Å². The van der Waals surface area contributed by atoms with Crippen LogP contribution in [0.1, 0.15) is 29.8 Å². The van der Waals surface area contributed by atoms with Gasteiger partial charge >= 0.3 is 0 Å². The van der Waals surface area contributed by atoms with E-state index < -0.39 is 0 Å². The Balaban J connectivity index is 2.97. The fourth-order valence-corrected chi connectivity index (χ4v) is 1.96. The molecule has 0 atom stereocenters. The quantitative estimate of drug-likeness (QED) is 0.710. The fourth-order valence-electron chi connectivity index (χ4n) is 1.96. The van der Waals surface area contributed by atoms with Gasteiger partial charge in [-0.3, -0.25) is 4.79 Å². The number of benzene rings is 1. The van der Waals surface area contributed by atoms with Crippen molar-refractivity contribution in [3.05, 3.63) is 29.3 Å². The average Bonchev–Trinajstić information content (AvgIpc) is 2.32. The Morgan fingerprint density at radius 2 is 1.94 bits per heavy atom. The van der Waals surface area contributed by atoms with Crippen LogP contribution in [-0.2, 0) is 4.74 Å². The largest absolute Gasteiger partial charge is 0.377 e. The normalized spacial score (nSPS) is 10.4. The number of anilines is 1. The van der Waals surface area contributed by atoms with E-state index in [-0.39, 0.29) is 12.4 Å². The molecule has 17 heavy (non-hydrogen) atoms. The van der Waals surface area contributed by atoms with Gasteiger partial charge in [0.15, 0.2) is 5.78 Å². The Hall–Kier alpha value is -1.35. The molecule has 0 heterocycles. The molecule has 0 unspecified atom stereocenters. The van der Waals surface area contributed by atoms with Gasteiger partial charge in [-0.15, -0.1) is 0 Å². The lowest BCUT2D eigenvalue weighted by atomic mass is 10.1. The van der Waals surface area contributed by atoms with Gasteiger partial charge < -0.3 is 9.64 Å². The third-order valence-corrected chi connectivity index (χ3v) is 2.90. The average molecular weight is 235 g/mol. The summed E-state index contributed by atoms with van der Waals surface area (Å²) >= 11 is 0. The van der Waals surface area contributed by atoms with Gasteiger partial charge in [-0.1, -0.05) is 0 Å². The van der Waals surface area contributed by atoms with Crippen molar-refractivity contribution in [2.24, 2.45) is 0 Å². The Kier molecular flexibility index (Phi) is 5.16. The number of Topliss-reactive ketones (excluding diaryl/α,β-unsaturated/α-hetero) is 1. The molecule has 1 aromatic carbocycles. The zero-order chi connectivity index (χ0) is 12.8. The SMILES string of the molecule is CCN(CC)c1ccc(C(=O)COC)cc1C. The van der Waals surface area contributed by atoms with Crippen molar-refractivity contribution < 1.29 is 9.53 Å². The molecule has 3 nitrogen and oxygen atoms in total. The Morgan fingerprint density at radius 3 is 2.41 bits per heavy atom. The molecule has 1 rings (SSSR count). The number of aryl methyl sites for hydroxylation is 1. The van der Waals surface area contributed by atoms with Crippen LogP contribution in [-0.4, -0.2) is 32.6 Å². The molecule has 3 heteroatoms. The minimum Gasteiger partial charge on any atom is -0.377 e. The highest BCUT2D eigenvalue weighted by molar-refractivity contribution is 5.97. The number of hydrogen-bond donors (Lipinski definition) is 0. The van der Waals surface area contributed by atoms with E-state index >= 15 is 0 Å². The molecule has 0 spiro atoms. The van der Waals surface area contributed by atoms with Crippen molar-refractivity contribution >= 4 is 11.5 Å². The molecule has 0 N–H and O–H groups in total. The third-order valence-electron chi connectivity index (χ3n) is 2.90. The van der Waals surface area contributed by atoms with Crippen molar-refractivity contribution in [3.63, 3.8) is 0 Å². The van der Waals surface area contributed by atoms with Gasteiger partial charge in [-0.2, -0.15) is 0 Å². The highest BCUT2D eigenvalue weighted by Gasteiger charge is 2.10. The molecule has 0 amide bonds. The van der Waals surface area contributed by atoms with Crippen LogP contribution < -0.4 is 4.90 Å². The minimum atomic E-state index is 0.0293. The first kappa shape index (κ1) is 13.7. The molecule has 0 aromatic heterocycles. The van der Waals surface area contributed by atoms with E-state index in [9.17, 15) is 4.79 Å². The maximum atomic E-state index is 11.7. The van der Waals surface area contributed by atoms with Crippen LogP contribution in [0, 0.1) is 6.92 Å². The standard InChI is InChI=1S/C14H21NO2/c1-5-15(6-2)13-8-7-12(9-11(13)3)14(16)10-17-4/h7-9H,5-6,10H2,1-4H3. The molecular formula is C14H21NO2. The second-order valence-electron chi connectivity index (χ2n) is 4.03. The maximum Gasteiger partial charge on any atom is 0.188 e. The number of methoxy groups -OCH3 is 1. The molecule has 0 aliphatic heterocycles. The van der Waals surface area contributed by atoms with E-state index in [1.807, 2.05) is 25.1 Å². The molecule has 94 valence electrons. The number of ketones is 1. The summed E-state index contributed by atoms with van der Waals surface area (Å²) in [5.74, 6) is 0.0293. The van der Waals surface area contributed by atoms with E-state index in [1.165, 1.54) is 12.8 Å². The zero-order valence-corrected chi connectivity index (χ0v) is 11.1. The van der Waals surface area contributed by atoms with Crippen molar-refractivity contribution in [3.8, 4) is 0 Å². The second kappa shape index (κ2) is 6.40. The van der Waals surface area contributed by atoms with Gasteiger partial charge in [-0.05, 0) is 44.5 Å². The zero-order valence-electron chi connectivity index (χ0n) is 11.1. The molecule has 0 fully saturated rings. The summed E-state index contributed by atoms with van der Waals surface area (Å²) in [4.78, 5) is 14.0. The Labute approximate surface area is 103 Å². The summed E-state index contributed by atoms with van der Waals surface area (Å²) in [5.41, 5.74) is 3.06. The lowest BCUT2D eigenvalue weighted by Crippen LogP contribution is -2.22. The predicted molar refractivity (Wildman–Crippen MR) is 70.9 cm³/mol. The Morgan fingerprint density at radius 1 is 1.29 bits per heavy atom. The molecule has 0 aliphatic rings. The number of rotatable bonds is 6. The Bertz CT molecular complexity index is 384. The lowest BCUT2D eigenvalue weighted by molar-refractivity contribution is 0.0848. The molecule has 0 aliphatic carbocycles. The smallest absolute Gasteiger partial charge is 0.188 e. The van der Waals surface area contributed by atoms with Gasteiger partial charge in [-0.25, -0.2) is 0 Å². The fraction of sp³-hybridized carbons (Fsp3) is 0.500. The minimum absolute atomic E-state index is 0.0293. The summed E-state index contributed by atoms with van der Waals surface area (Å²) in [6.07, 6.45) is 0. The van der Waals surface area contributed by atoms with E-state index in [1.54, 1.807) is 0 Å². The van der Waals surface area contributed by atoms with Gasteiger partial charge in [0.05, 0.1) is 0 Å². The molecule has 0 bridgehead atoms. The lowest BCUT2D eigenvalue weighted by Gasteiger charge is -2.23. The molecule has 0 radical (unpaired) electrons.